The maximum Gasteiger partial charge on any atom is 0.490 e. The van der Waals surface area contributed by atoms with E-state index in [9.17, 15) is 13.2 Å². The highest BCUT2D eigenvalue weighted by molar-refractivity contribution is 5.73. The number of carbonyl (C=O) groups is 1. The van der Waals surface area contributed by atoms with Gasteiger partial charge in [0.15, 0.2) is 0 Å². The van der Waals surface area contributed by atoms with Crippen LogP contribution in [0.15, 0.2) is 29.0 Å². The Hall–Kier alpha value is -2.66. The smallest absolute Gasteiger partial charge is 0.486 e. The number of nitrogens with zero attached hydrogens (tertiary/aromatic N) is 3. The van der Waals surface area contributed by atoms with Crippen LogP contribution in [-0.2, 0) is 16.1 Å². The van der Waals surface area contributed by atoms with E-state index in [1.54, 1.807) is 12.4 Å². The molecule has 2 aromatic rings. The lowest BCUT2D eigenvalue weighted by Gasteiger charge is -2.38. The zero-order valence-corrected chi connectivity index (χ0v) is 17.9. The monoisotopic (exact) mass is 457 g/mol. The Labute approximate surface area is 183 Å². The van der Waals surface area contributed by atoms with Crippen molar-refractivity contribution >= 4 is 5.97 Å². The van der Waals surface area contributed by atoms with Crippen LogP contribution < -0.4 is 4.74 Å². The molecule has 176 valence electrons. The van der Waals surface area contributed by atoms with Crippen molar-refractivity contribution in [3.63, 3.8) is 0 Å². The number of carboxylic acid groups (broad SMARTS) is 1. The van der Waals surface area contributed by atoms with Crippen LogP contribution >= 0.6 is 0 Å². The number of aromatic nitrogens is 2. The Morgan fingerprint density at radius 3 is 2.56 bits per heavy atom. The number of hydrogen-bond acceptors (Lipinski definition) is 7. The van der Waals surface area contributed by atoms with Gasteiger partial charge in [0, 0.05) is 37.8 Å². The summed E-state index contributed by atoms with van der Waals surface area (Å²) in [4.78, 5) is 15.5. The molecule has 0 bridgehead atoms. The van der Waals surface area contributed by atoms with Gasteiger partial charge in [-0.05, 0) is 38.8 Å². The normalized spacial score (nSPS) is 20.6. The number of halogens is 3. The van der Waals surface area contributed by atoms with Gasteiger partial charge in [0.1, 0.15) is 17.6 Å². The predicted octanol–water partition coefficient (Wildman–Crippen LogP) is 3.52. The van der Waals surface area contributed by atoms with E-state index in [1.807, 2.05) is 26.0 Å². The van der Waals surface area contributed by atoms with E-state index in [0.717, 1.165) is 56.1 Å². The Morgan fingerprint density at radius 2 is 2.03 bits per heavy atom. The number of alkyl halides is 3. The maximum atomic E-state index is 10.6. The van der Waals surface area contributed by atoms with Crippen LogP contribution in [0.4, 0.5) is 13.2 Å². The van der Waals surface area contributed by atoms with Crippen molar-refractivity contribution in [1.29, 1.82) is 0 Å². The van der Waals surface area contributed by atoms with Crippen molar-refractivity contribution in [1.82, 2.24) is 15.0 Å². The highest BCUT2D eigenvalue weighted by Gasteiger charge is 2.43. The summed E-state index contributed by atoms with van der Waals surface area (Å²) in [5, 5.41) is 11.2. The molecule has 11 heteroatoms. The Bertz CT molecular complexity index is 876. The first-order valence-electron chi connectivity index (χ1n) is 10.2. The SMILES string of the molecule is Cc1noc(C)c1CN1CCC2(CC1)CC(Oc1cccnc1)CO2.O=C(O)C(F)(F)F. The first-order chi connectivity index (χ1) is 15.1. The number of pyridine rings is 1. The van der Waals surface area contributed by atoms with Gasteiger partial charge in [0.05, 0.1) is 24.1 Å². The summed E-state index contributed by atoms with van der Waals surface area (Å²) >= 11 is 0. The third-order valence-electron chi connectivity index (χ3n) is 5.68. The molecule has 1 unspecified atom stereocenters. The van der Waals surface area contributed by atoms with Crippen LogP contribution in [-0.4, -0.2) is 63.7 Å². The molecule has 0 amide bonds. The number of carboxylic acids is 1. The third kappa shape index (κ3) is 6.19. The second-order valence-corrected chi connectivity index (χ2v) is 8.01. The van der Waals surface area contributed by atoms with E-state index in [4.69, 9.17) is 23.9 Å². The van der Waals surface area contributed by atoms with Crippen molar-refractivity contribution in [3.05, 3.63) is 41.5 Å². The molecule has 2 aromatic heterocycles. The summed E-state index contributed by atoms with van der Waals surface area (Å²) in [5.74, 6) is -1.00. The lowest BCUT2D eigenvalue weighted by atomic mass is 9.87. The van der Waals surface area contributed by atoms with Crippen molar-refractivity contribution < 1.29 is 37.1 Å². The minimum absolute atomic E-state index is 0.0257. The second kappa shape index (κ2) is 9.86. The Kier molecular flexibility index (Phi) is 7.40. The molecule has 8 nitrogen and oxygen atoms in total. The highest BCUT2D eigenvalue weighted by Crippen LogP contribution is 2.37. The highest BCUT2D eigenvalue weighted by atomic mass is 19.4. The van der Waals surface area contributed by atoms with Gasteiger partial charge < -0.3 is 19.1 Å². The van der Waals surface area contributed by atoms with Crippen LogP contribution in [0.5, 0.6) is 5.75 Å². The summed E-state index contributed by atoms with van der Waals surface area (Å²) in [6, 6.07) is 3.85. The number of hydrogen-bond donors (Lipinski definition) is 1. The number of aliphatic carboxylic acids is 1. The molecule has 2 saturated heterocycles. The molecule has 2 aliphatic rings. The van der Waals surface area contributed by atoms with Crippen molar-refractivity contribution in [2.24, 2.45) is 0 Å². The Balaban J connectivity index is 0.000000360. The lowest BCUT2D eigenvalue weighted by Crippen LogP contribution is -2.44. The lowest BCUT2D eigenvalue weighted by molar-refractivity contribution is -0.192. The van der Waals surface area contributed by atoms with Crippen molar-refractivity contribution in [3.8, 4) is 5.75 Å². The van der Waals surface area contributed by atoms with Gasteiger partial charge >= 0.3 is 12.1 Å². The molecule has 32 heavy (non-hydrogen) atoms. The first-order valence-corrected chi connectivity index (χ1v) is 10.2. The van der Waals surface area contributed by atoms with Crippen molar-refractivity contribution in [2.75, 3.05) is 19.7 Å². The first kappa shape index (κ1) is 24.0. The average molecular weight is 457 g/mol. The van der Waals surface area contributed by atoms with E-state index in [-0.39, 0.29) is 11.7 Å². The van der Waals surface area contributed by atoms with Crippen LogP contribution in [0.25, 0.3) is 0 Å². The van der Waals surface area contributed by atoms with Crippen LogP contribution in [0, 0.1) is 13.8 Å². The Morgan fingerprint density at radius 1 is 1.34 bits per heavy atom. The number of piperidine rings is 1. The topological polar surface area (TPSA) is 97.9 Å². The molecule has 1 N–H and O–H groups in total. The maximum absolute atomic E-state index is 10.6. The standard InChI is InChI=1S/C19H25N3O3.C2HF3O2/c1-14-18(15(2)25-21-14)12-22-8-5-19(6-9-22)10-17(13-23-19)24-16-4-3-7-20-11-16;3-2(4,5)1(6)7/h3-4,7,11,17H,5-6,8-10,12-13H2,1-2H3;(H,6,7). The molecule has 4 rings (SSSR count). The van der Waals surface area contributed by atoms with Gasteiger partial charge in [-0.15, -0.1) is 0 Å². The number of likely N-dealkylation sites (tertiary alicyclic amines) is 1. The second-order valence-electron chi connectivity index (χ2n) is 8.01. The summed E-state index contributed by atoms with van der Waals surface area (Å²) in [6.45, 7) is 7.64. The average Bonchev–Trinajstić information content (AvgIpc) is 3.28. The van der Waals surface area contributed by atoms with Gasteiger partial charge in [-0.25, -0.2) is 4.79 Å². The van der Waals surface area contributed by atoms with Gasteiger partial charge in [-0.3, -0.25) is 9.88 Å². The summed E-state index contributed by atoms with van der Waals surface area (Å²) < 4.78 is 49.2. The fourth-order valence-corrected chi connectivity index (χ4v) is 3.91. The zero-order chi connectivity index (χ0) is 23.4. The molecule has 1 spiro atoms. The molecular formula is C21H26F3N3O5. The summed E-state index contributed by atoms with van der Waals surface area (Å²) in [5.41, 5.74) is 2.20. The van der Waals surface area contributed by atoms with Crippen LogP contribution in [0.2, 0.25) is 0 Å². The molecule has 0 saturated carbocycles. The van der Waals surface area contributed by atoms with E-state index < -0.39 is 12.1 Å². The van der Waals surface area contributed by atoms with Gasteiger partial charge in [-0.1, -0.05) is 5.16 Å². The predicted molar refractivity (Wildman–Crippen MR) is 106 cm³/mol. The number of ether oxygens (including phenoxy) is 2. The molecule has 1 atom stereocenters. The van der Waals surface area contributed by atoms with E-state index in [2.05, 4.69) is 15.0 Å². The molecule has 2 fully saturated rings. The summed E-state index contributed by atoms with van der Waals surface area (Å²) in [6.07, 6.45) is 1.61. The molecular weight excluding hydrogens is 431 g/mol. The number of aryl methyl sites for hydroxylation is 2. The van der Waals surface area contributed by atoms with E-state index in [1.165, 1.54) is 5.56 Å². The molecule has 0 aliphatic carbocycles. The zero-order valence-electron chi connectivity index (χ0n) is 17.9. The van der Waals surface area contributed by atoms with Gasteiger partial charge in [-0.2, -0.15) is 13.2 Å². The number of rotatable bonds is 4. The third-order valence-corrected chi connectivity index (χ3v) is 5.68. The molecule has 0 radical (unpaired) electrons. The van der Waals surface area contributed by atoms with E-state index >= 15 is 0 Å². The minimum atomic E-state index is -5.08. The van der Waals surface area contributed by atoms with Crippen LogP contribution in [0.1, 0.15) is 36.3 Å². The van der Waals surface area contributed by atoms with Crippen LogP contribution in [0.3, 0.4) is 0 Å². The molecule has 0 aromatic carbocycles. The largest absolute Gasteiger partial charge is 0.490 e. The van der Waals surface area contributed by atoms with Gasteiger partial charge in [0.25, 0.3) is 0 Å². The fraction of sp³-hybridized carbons (Fsp3) is 0.571. The summed E-state index contributed by atoms with van der Waals surface area (Å²) in [7, 11) is 0. The quantitative estimate of drug-likeness (QED) is 0.745. The molecule has 4 heterocycles. The minimum Gasteiger partial charge on any atom is -0.486 e. The van der Waals surface area contributed by atoms with E-state index in [0.29, 0.717) is 6.61 Å². The fourth-order valence-electron chi connectivity index (χ4n) is 3.91. The molecule has 2 aliphatic heterocycles. The van der Waals surface area contributed by atoms with Gasteiger partial charge in [0.2, 0.25) is 0 Å². The van der Waals surface area contributed by atoms with Crippen molar-refractivity contribution in [2.45, 2.75) is 57.5 Å².